The van der Waals surface area contributed by atoms with Crippen molar-refractivity contribution in [2.45, 2.75) is 12.6 Å². The molecular formula is C13H11ClF4N2O2. The van der Waals surface area contributed by atoms with Crippen molar-refractivity contribution in [3.63, 3.8) is 0 Å². The van der Waals surface area contributed by atoms with E-state index in [1.165, 1.54) is 18.2 Å². The van der Waals surface area contributed by atoms with Crippen LogP contribution in [0.1, 0.15) is 6.42 Å². The van der Waals surface area contributed by atoms with Crippen LogP contribution in [0.5, 0.6) is 0 Å². The Kier molecular flexibility index (Phi) is 4.60. The molecule has 1 atom stereocenters. The van der Waals surface area contributed by atoms with Crippen LogP contribution in [0.15, 0.2) is 18.2 Å². The van der Waals surface area contributed by atoms with Crippen molar-refractivity contribution in [3.05, 3.63) is 29.0 Å². The van der Waals surface area contributed by atoms with Crippen LogP contribution in [-0.2, 0) is 9.59 Å². The zero-order valence-electron chi connectivity index (χ0n) is 11.1. The molecule has 4 nitrogen and oxygen atoms in total. The van der Waals surface area contributed by atoms with Gasteiger partial charge in [0.2, 0.25) is 11.8 Å². The molecule has 0 aromatic heterocycles. The maximum absolute atomic E-state index is 13.7. The van der Waals surface area contributed by atoms with E-state index in [-0.39, 0.29) is 23.7 Å². The van der Waals surface area contributed by atoms with Gasteiger partial charge in [0.15, 0.2) is 5.82 Å². The second-order valence-corrected chi connectivity index (χ2v) is 5.29. The Morgan fingerprint density at radius 1 is 1.41 bits per heavy atom. The first-order valence-electron chi connectivity index (χ1n) is 6.27. The Balaban J connectivity index is 2.02. The highest BCUT2D eigenvalue weighted by molar-refractivity contribution is 6.31. The number of carbonyl (C=O) groups is 2. The number of alkyl halides is 3. The van der Waals surface area contributed by atoms with E-state index in [0.29, 0.717) is 4.90 Å². The Labute approximate surface area is 128 Å². The van der Waals surface area contributed by atoms with Crippen molar-refractivity contribution in [2.75, 3.05) is 18.4 Å². The van der Waals surface area contributed by atoms with Crippen LogP contribution in [0.4, 0.5) is 23.2 Å². The molecule has 0 aliphatic carbocycles. The first-order chi connectivity index (χ1) is 10.2. The number of halogens is 5. The Morgan fingerprint density at radius 2 is 2.09 bits per heavy atom. The van der Waals surface area contributed by atoms with E-state index in [4.69, 9.17) is 11.6 Å². The highest BCUT2D eigenvalue weighted by atomic mass is 35.5. The van der Waals surface area contributed by atoms with Gasteiger partial charge in [-0.05, 0) is 12.1 Å². The molecule has 1 saturated heterocycles. The molecule has 0 radical (unpaired) electrons. The summed E-state index contributed by atoms with van der Waals surface area (Å²) in [5.74, 6) is -3.29. The van der Waals surface area contributed by atoms with Crippen molar-refractivity contribution >= 4 is 29.1 Å². The monoisotopic (exact) mass is 338 g/mol. The molecule has 9 heteroatoms. The molecule has 2 rings (SSSR count). The number of carbonyl (C=O) groups excluding carboxylic acids is 2. The molecule has 1 aromatic rings. The molecule has 1 aromatic carbocycles. The summed E-state index contributed by atoms with van der Waals surface area (Å²) in [5, 5.41) is 2.04. The van der Waals surface area contributed by atoms with Crippen molar-refractivity contribution in [2.24, 2.45) is 5.92 Å². The highest BCUT2D eigenvalue weighted by Gasteiger charge is 2.40. The third-order valence-electron chi connectivity index (χ3n) is 3.16. The molecule has 0 saturated carbocycles. The zero-order chi connectivity index (χ0) is 16.5. The minimum atomic E-state index is -4.53. The number of likely N-dealkylation sites (tertiary alicyclic amines) is 1. The molecule has 1 aliphatic rings. The molecular weight excluding hydrogens is 328 g/mol. The fourth-order valence-corrected chi connectivity index (χ4v) is 2.33. The molecule has 120 valence electrons. The van der Waals surface area contributed by atoms with Gasteiger partial charge in [-0.1, -0.05) is 17.7 Å². The number of nitrogens with zero attached hydrogens (tertiary/aromatic N) is 1. The van der Waals surface area contributed by atoms with Crippen LogP contribution in [-0.4, -0.2) is 36.0 Å². The van der Waals surface area contributed by atoms with Crippen molar-refractivity contribution < 1.29 is 27.2 Å². The Morgan fingerprint density at radius 3 is 2.73 bits per heavy atom. The minimum absolute atomic E-state index is 0.181. The number of anilines is 1. The lowest BCUT2D eigenvalue weighted by molar-refractivity contribution is -0.157. The number of rotatable bonds is 3. The van der Waals surface area contributed by atoms with Gasteiger partial charge >= 0.3 is 6.18 Å². The van der Waals surface area contributed by atoms with Crippen molar-refractivity contribution in [3.8, 4) is 0 Å². The molecule has 0 spiro atoms. The second-order valence-electron chi connectivity index (χ2n) is 4.88. The van der Waals surface area contributed by atoms with Gasteiger partial charge < -0.3 is 10.2 Å². The SMILES string of the molecule is O=C(Nc1cccc(Cl)c1F)C1CC(=O)N(CC(F)(F)F)C1. The number of amides is 2. The number of hydrogen-bond acceptors (Lipinski definition) is 2. The van der Waals surface area contributed by atoms with E-state index in [0.717, 1.165) is 0 Å². The average Bonchev–Trinajstić information content (AvgIpc) is 2.74. The summed E-state index contributed by atoms with van der Waals surface area (Å²) >= 11 is 5.56. The normalized spacial score (nSPS) is 18.7. The standard InChI is InChI=1S/C13H11ClF4N2O2/c14-8-2-1-3-9(11(8)15)19-12(22)7-4-10(21)20(5-7)6-13(16,17)18/h1-3,7H,4-6H2,(H,19,22). The quantitative estimate of drug-likeness (QED) is 0.862. The summed E-state index contributed by atoms with van der Waals surface area (Å²) in [6, 6.07) is 3.97. The summed E-state index contributed by atoms with van der Waals surface area (Å²) in [7, 11) is 0. The van der Waals surface area contributed by atoms with E-state index < -0.39 is 36.3 Å². The lowest BCUT2D eigenvalue weighted by atomic mass is 10.1. The predicted octanol–water partition coefficient (Wildman–Crippen LogP) is 2.83. The van der Waals surface area contributed by atoms with Crippen LogP contribution in [0.25, 0.3) is 0 Å². The van der Waals surface area contributed by atoms with E-state index in [1.54, 1.807) is 0 Å². The Hall–Kier alpha value is -1.83. The first kappa shape index (κ1) is 16.5. The fourth-order valence-electron chi connectivity index (χ4n) is 2.15. The number of hydrogen-bond donors (Lipinski definition) is 1. The van der Waals surface area contributed by atoms with Crippen molar-refractivity contribution in [1.29, 1.82) is 0 Å². The highest BCUT2D eigenvalue weighted by Crippen LogP contribution is 2.26. The maximum Gasteiger partial charge on any atom is 0.406 e. The molecule has 2 amide bonds. The summed E-state index contributed by atoms with van der Waals surface area (Å²) in [6.45, 7) is -1.76. The van der Waals surface area contributed by atoms with E-state index in [9.17, 15) is 27.2 Å². The van der Waals surface area contributed by atoms with Gasteiger partial charge in [0.25, 0.3) is 0 Å². The van der Waals surface area contributed by atoms with Crippen LogP contribution in [0.3, 0.4) is 0 Å². The molecule has 0 bridgehead atoms. The molecule has 1 heterocycles. The van der Waals surface area contributed by atoms with Gasteiger partial charge in [-0.2, -0.15) is 13.2 Å². The molecule has 1 N–H and O–H groups in total. The zero-order valence-corrected chi connectivity index (χ0v) is 11.8. The smallest absolute Gasteiger partial charge is 0.333 e. The fraction of sp³-hybridized carbons (Fsp3) is 0.385. The molecule has 1 unspecified atom stereocenters. The van der Waals surface area contributed by atoms with E-state index >= 15 is 0 Å². The van der Waals surface area contributed by atoms with E-state index in [1.807, 2.05) is 0 Å². The lowest BCUT2D eigenvalue weighted by Gasteiger charge is -2.18. The molecule has 22 heavy (non-hydrogen) atoms. The lowest BCUT2D eigenvalue weighted by Crippen LogP contribution is -2.36. The topological polar surface area (TPSA) is 49.4 Å². The average molecular weight is 339 g/mol. The summed E-state index contributed by atoms with van der Waals surface area (Å²) in [5.41, 5.74) is -0.181. The number of benzene rings is 1. The Bertz CT molecular complexity index is 606. The van der Waals surface area contributed by atoms with Crippen LogP contribution in [0, 0.1) is 11.7 Å². The van der Waals surface area contributed by atoms with E-state index in [2.05, 4.69) is 5.32 Å². The third-order valence-corrected chi connectivity index (χ3v) is 3.46. The summed E-state index contributed by atoms with van der Waals surface area (Å²) in [6.07, 6.45) is -4.87. The van der Waals surface area contributed by atoms with Crippen LogP contribution >= 0.6 is 11.6 Å². The number of nitrogens with one attached hydrogen (secondary N) is 1. The third kappa shape index (κ3) is 3.88. The first-order valence-corrected chi connectivity index (χ1v) is 6.64. The summed E-state index contributed by atoms with van der Waals surface area (Å²) < 4.78 is 50.5. The molecule has 1 aliphatic heterocycles. The maximum atomic E-state index is 13.7. The van der Waals surface area contributed by atoms with Gasteiger partial charge in [-0.15, -0.1) is 0 Å². The van der Waals surface area contributed by atoms with Gasteiger partial charge in [-0.25, -0.2) is 4.39 Å². The minimum Gasteiger partial charge on any atom is -0.333 e. The van der Waals surface area contributed by atoms with Gasteiger partial charge in [-0.3, -0.25) is 9.59 Å². The second kappa shape index (κ2) is 6.12. The van der Waals surface area contributed by atoms with Crippen LogP contribution < -0.4 is 5.32 Å². The molecule has 1 fully saturated rings. The van der Waals surface area contributed by atoms with Crippen LogP contribution in [0.2, 0.25) is 5.02 Å². The van der Waals surface area contributed by atoms with Gasteiger partial charge in [0.05, 0.1) is 16.6 Å². The van der Waals surface area contributed by atoms with Gasteiger partial charge in [0, 0.05) is 13.0 Å². The van der Waals surface area contributed by atoms with Crippen molar-refractivity contribution in [1.82, 2.24) is 4.90 Å². The predicted molar refractivity (Wildman–Crippen MR) is 70.8 cm³/mol. The van der Waals surface area contributed by atoms with Gasteiger partial charge in [0.1, 0.15) is 6.54 Å². The largest absolute Gasteiger partial charge is 0.406 e. The summed E-state index contributed by atoms with van der Waals surface area (Å²) in [4.78, 5) is 24.0.